The quantitative estimate of drug-likeness (QED) is 0.643. The molecule has 1 amide bonds. The number of anilines is 1. The topological polar surface area (TPSA) is 80.9 Å². The number of ether oxygens (including phenoxy) is 3. The lowest BCUT2D eigenvalue weighted by Gasteiger charge is -2.24. The fourth-order valence-corrected chi connectivity index (χ4v) is 4.41. The number of halogens is 1. The Labute approximate surface area is 174 Å². The van der Waals surface area contributed by atoms with Gasteiger partial charge in [0.1, 0.15) is 18.0 Å². The summed E-state index contributed by atoms with van der Waals surface area (Å²) in [6.07, 6.45) is 4.11. The van der Waals surface area contributed by atoms with E-state index in [0.29, 0.717) is 24.0 Å². The SMILES string of the molecule is O=C(NC1CCCCC1)O[C@@H]1CO[C@H]2[C@@H]1OC[C@@H]2NC(=S)Nc1ccc(F)cc1. The summed E-state index contributed by atoms with van der Waals surface area (Å²) < 4.78 is 30.2. The number of amides is 1. The largest absolute Gasteiger partial charge is 0.441 e. The molecule has 2 aliphatic heterocycles. The summed E-state index contributed by atoms with van der Waals surface area (Å²) >= 11 is 5.33. The van der Waals surface area contributed by atoms with Crippen molar-refractivity contribution in [1.29, 1.82) is 0 Å². The molecule has 29 heavy (non-hydrogen) atoms. The van der Waals surface area contributed by atoms with Gasteiger partial charge in [-0.05, 0) is 49.3 Å². The summed E-state index contributed by atoms with van der Waals surface area (Å²) in [5, 5.41) is 9.54. The molecule has 1 aromatic carbocycles. The number of rotatable bonds is 4. The molecular weight excluding hydrogens is 397 g/mol. The van der Waals surface area contributed by atoms with Gasteiger partial charge in [-0.15, -0.1) is 0 Å². The highest BCUT2D eigenvalue weighted by Crippen LogP contribution is 2.29. The summed E-state index contributed by atoms with van der Waals surface area (Å²) in [6.45, 7) is 0.689. The molecule has 7 nitrogen and oxygen atoms in total. The van der Waals surface area contributed by atoms with E-state index in [-0.39, 0.29) is 30.1 Å². The molecule has 3 aliphatic rings. The van der Waals surface area contributed by atoms with Crippen LogP contribution in [-0.4, -0.2) is 54.8 Å². The van der Waals surface area contributed by atoms with Crippen molar-refractivity contribution < 1.29 is 23.4 Å². The zero-order chi connectivity index (χ0) is 20.2. The van der Waals surface area contributed by atoms with E-state index in [2.05, 4.69) is 16.0 Å². The van der Waals surface area contributed by atoms with Crippen LogP contribution in [0.1, 0.15) is 32.1 Å². The molecular formula is C20H26FN3O4S. The zero-order valence-electron chi connectivity index (χ0n) is 16.1. The molecule has 2 saturated heterocycles. The molecule has 3 fully saturated rings. The van der Waals surface area contributed by atoms with Crippen molar-refractivity contribution in [2.75, 3.05) is 18.5 Å². The Balaban J connectivity index is 1.24. The number of hydrogen-bond donors (Lipinski definition) is 3. The van der Waals surface area contributed by atoms with Crippen molar-refractivity contribution in [1.82, 2.24) is 10.6 Å². The molecule has 158 valence electrons. The lowest BCUT2D eigenvalue weighted by Crippen LogP contribution is -2.46. The number of carbonyl (C=O) groups is 1. The highest BCUT2D eigenvalue weighted by atomic mass is 32.1. The molecule has 9 heteroatoms. The predicted octanol–water partition coefficient (Wildman–Crippen LogP) is 2.71. The lowest BCUT2D eigenvalue weighted by atomic mass is 9.96. The van der Waals surface area contributed by atoms with Crippen LogP contribution in [0, 0.1) is 5.82 Å². The number of hydrogen-bond acceptors (Lipinski definition) is 5. The first-order valence-electron chi connectivity index (χ1n) is 10.1. The normalized spacial score (nSPS) is 29.1. The van der Waals surface area contributed by atoms with E-state index < -0.39 is 12.2 Å². The van der Waals surface area contributed by atoms with Gasteiger partial charge < -0.3 is 30.2 Å². The first kappa shape index (κ1) is 20.3. The van der Waals surface area contributed by atoms with E-state index >= 15 is 0 Å². The number of fused-ring (bicyclic) bond motifs is 1. The highest BCUT2D eigenvalue weighted by Gasteiger charge is 2.49. The molecule has 1 saturated carbocycles. The minimum atomic E-state index is -0.436. The van der Waals surface area contributed by atoms with Gasteiger partial charge in [0.05, 0.1) is 19.3 Å². The minimum Gasteiger partial charge on any atom is -0.441 e. The average molecular weight is 424 g/mol. The molecule has 4 rings (SSSR count). The summed E-state index contributed by atoms with van der Waals surface area (Å²) in [6, 6.07) is 5.98. The van der Waals surface area contributed by atoms with Crippen LogP contribution in [0.4, 0.5) is 14.9 Å². The first-order valence-corrected chi connectivity index (χ1v) is 10.5. The molecule has 2 heterocycles. The summed E-state index contributed by atoms with van der Waals surface area (Å²) in [4.78, 5) is 12.2. The van der Waals surface area contributed by atoms with Crippen LogP contribution >= 0.6 is 12.2 Å². The third kappa shape index (κ3) is 5.15. The van der Waals surface area contributed by atoms with E-state index in [1.807, 2.05) is 0 Å². The van der Waals surface area contributed by atoms with Crippen LogP contribution in [0.3, 0.4) is 0 Å². The molecule has 0 unspecified atom stereocenters. The second-order valence-electron chi connectivity index (χ2n) is 7.73. The van der Waals surface area contributed by atoms with Crippen LogP contribution in [-0.2, 0) is 14.2 Å². The zero-order valence-corrected chi connectivity index (χ0v) is 16.9. The predicted molar refractivity (Wildman–Crippen MR) is 109 cm³/mol. The van der Waals surface area contributed by atoms with Gasteiger partial charge in [0.15, 0.2) is 11.2 Å². The Hall–Kier alpha value is -1.97. The lowest BCUT2D eigenvalue weighted by molar-refractivity contribution is 0.00277. The Bertz CT molecular complexity index is 729. The number of nitrogens with one attached hydrogen (secondary N) is 3. The van der Waals surface area contributed by atoms with Crippen LogP contribution < -0.4 is 16.0 Å². The maximum Gasteiger partial charge on any atom is 0.407 e. The molecule has 1 aliphatic carbocycles. The molecule has 0 bridgehead atoms. The average Bonchev–Trinajstić information content (AvgIpc) is 3.28. The van der Waals surface area contributed by atoms with Crippen LogP contribution in [0.5, 0.6) is 0 Å². The number of alkyl carbamates (subject to hydrolysis) is 1. The van der Waals surface area contributed by atoms with Crippen molar-refractivity contribution in [3.05, 3.63) is 30.1 Å². The maximum atomic E-state index is 13.0. The van der Waals surface area contributed by atoms with E-state index in [1.54, 1.807) is 12.1 Å². The number of thiocarbonyl (C=S) groups is 1. The smallest absolute Gasteiger partial charge is 0.407 e. The van der Waals surface area contributed by atoms with Crippen molar-refractivity contribution in [2.45, 2.75) is 62.5 Å². The van der Waals surface area contributed by atoms with Crippen molar-refractivity contribution in [2.24, 2.45) is 0 Å². The third-order valence-electron chi connectivity index (χ3n) is 5.61. The third-order valence-corrected chi connectivity index (χ3v) is 5.83. The molecule has 0 spiro atoms. The van der Waals surface area contributed by atoms with Gasteiger partial charge in [0.25, 0.3) is 0 Å². The standard InChI is InChI=1S/C20H26FN3O4S/c21-12-6-8-14(9-7-12)22-19(29)24-15-10-26-18-16(11-27-17(15)18)28-20(25)23-13-4-2-1-3-5-13/h6-9,13,15-18H,1-5,10-11H2,(H,23,25)(H2,22,24,29)/t15-,16+,17+,18+/m0/s1. The van der Waals surface area contributed by atoms with Gasteiger partial charge in [-0.25, -0.2) is 9.18 Å². The second-order valence-corrected chi connectivity index (χ2v) is 8.14. The van der Waals surface area contributed by atoms with Gasteiger partial charge in [-0.3, -0.25) is 0 Å². The van der Waals surface area contributed by atoms with Crippen molar-refractivity contribution >= 4 is 29.1 Å². The van der Waals surface area contributed by atoms with Gasteiger partial charge in [-0.2, -0.15) is 0 Å². The van der Waals surface area contributed by atoms with Crippen LogP contribution in [0.25, 0.3) is 0 Å². The van der Waals surface area contributed by atoms with Crippen LogP contribution in [0.15, 0.2) is 24.3 Å². The molecule has 3 N–H and O–H groups in total. The van der Waals surface area contributed by atoms with E-state index in [9.17, 15) is 9.18 Å². The van der Waals surface area contributed by atoms with E-state index in [4.69, 9.17) is 26.4 Å². The second kappa shape index (κ2) is 9.23. The van der Waals surface area contributed by atoms with Gasteiger partial charge in [0, 0.05) is 11.7 Å². The van der Waals surface area contributed by atoms with Crippen molar-refractivity contribution in [3.8, 4) is 0 Å². The molecule has 0 aromatic heterocycles. The Morgan fingerprint density at radius 3 is 2.52 bits per heavy atom. The fraction of sp³-hybridized carbons (Fsp3) is 0.600. The summed E-state index contributed by atoms with van der Waals surface area (Å²) in [5.41, 5.74) is 0.687. The summed E-state index contributed by atoms with van der Waals surface area (Å²) in [5.74, 6) is -0.306. The van der Waals surface area contributed by atoms with E-state index in [1.165, 1.54) is 18.6 Å². The number of benzene rings is 1. The van der Waals surface area contributed by atoms with E-state index in [0.717, 1.165) is 25.7 Å². The minimum absolute atomic E-state index is 0.157. The first-order chi connectivity index (χ1) is 14.1. The number of carbonyl (C=O) groups excluding carboxylic acids is 1. The summed E-state index contributed by atoms with van der Waals surface area (Å²) in [7, 11) is 0. The van der Waals surface area contributed by atoms with Gasteiger partial charge in [0.2, 0.25) is 0 Å². The Morgan fingerprint density at radius 2 is 1.76 bits per heavy atom. The maximum absolute atomic E-state index is 13.0. The molecule has 1 aromatic rings. The monoisotopic (exact) mass is 423 g/mol. The van der Waals surface area contributed by atoms with Gasteiger partial charge in [-0.1, -0.05) is 19.3 Å². The Morgan fingerprint density at radius 1 is 1.03 bits per heavy atom. The van der Waals surface area contributed by atoms with Crippen molar-refractivity contribution in [3.63, 3.8) is 0 Å². The Kier molecular flexibility index (Phi) is 6.46. The molecule has 0 radical (unpaired) electrons. The fourth-order valence-electron chi connectivity index (χ4n) is 4.14. The van der Waals surface area contributed by atoms with Gasteiger partial charge >= 0.3 is 6.09 Å². The molecule has 4 atom stereocenters. The van der Waals surface area contributed by atoms with Crippen LogP contribution in [0.2, 0.25) is 0 Å². The highest BCUT2D eigenvalue weighted by molar-refractivity contribution is 7.80.